The van der Waals surface area contributed by atoms with Gasteiger partial charge in [-0.25, -0.2) is 0 Å². The summed E-state index contributed by atoms with van der Waals surface area (Å²) in [5.41, 5.74) is 5.66. The molecule has 5 heteroatoms. The smallest absolute Gasteiger partial charge is 0.0869 e. The van der Waals surface area contributed by atoms with Crippen LogP contribution < -0.4 is 5.73 Å². The minimum absolute atomic E-state index is 0.0311. The lowest BCUT2D eigenvalue weighted by Gasteiger charge is -2.56. The van der Waals surface area contributed by atoms with E-state index in [0.29, 0.717) is 0 Å². The van der Waals surface area contributed by atoms with Crippen LogP contribution >= 0.6 is 0 Å². The van der Waals surface area contributed by atoms with Crippen LogP contribution in [0, 0.1) is 11.8 Å². The number of aliphatic hydroxyl groups excluding tert-OH is 2. The van der Waals surface area contributed by atoms with E-state index in [0.717, 1.165) is 6.42 Å². The van der Waals surface area contributed by atoms with E-state index in [1.807, 2.05) is 0 Å². The Morgan fingerprint density at radius 1 is 0.826 bits per heavy atom. The molecular formula is C18H41NO2Si2. The molecule has 0 saturated heterocycles. The third-order valence-corrected chi connectivity index (χ3v) is 19.2. The van der Waals surface area contributed by atoms with Gasteiger partial charge in [-0.15, -0.1) is 0 Å². The molecule has 138 valence electrons. The second-order valence-corrected chi connectivity index (χ2v) is 22.0. The van der Waals surface area contributed by atoms with Crippen molar-refractivity contribution in [1.82, 2.24) is 0 Å². The molecule has 5 unspecified atom stereocenters. The highest BCUT2D eigenvalue weighted by Crippen LogP contribution is 2.50. The Balaban J connectivity index is 3.05. The van der Waals surface area contributed by atoms with Gasteiger partial charge in [-0.05, 0) is 22.4 Å². The molecule has 0 bridgehead atoms. The van der Waals surface area contributed by atoms with Gasteiger partial charge in [0.15, 0.2) is 0 Å². The Bertz CT molecular complexity index is 424. The molecular weight excluding hydrogens is 318 g/mol. The van der Waals surface area contributed by atoms with Crippen molar-refractivity contribution >= 4 is 16.1 Å². The number of nitrogens with two attached hydrogens (primary N) is 1. The van der Waals surface area contributed by atoms with Gasteiger partial charge < -0.3 is 15.9 Å². The molecule has 0 spiro atoms. The first-order chi connectivity index (χ1) is 9.96. The number of aliphatic hydroxyl groups is 2. The van der Waals surface area contributed by atoms with Crippen molar-refractivity contribution in [2.45, 2.75) is 102 Å². The van der Waals surface area contributed by atoms with Crippen LogP contribution in [-0.2, 0) is 0 Å². The number of hydrogen-bond donors (Lipinski definition) is 3. The Morgan fingerprint density at radius 2 is 1.17 bits per heavy atom. The molecule has 1 saturated carbocycles. The van der Waals surface area contributed by atoms with E-state index in [4.69, 9.17) is 5.73 Å². The molecule has 1 aliphatic rings. The Morgan fingerprint density at radius 3 is 1.48 bits per heavy atom. The summed E-state index contributed by atoms with van der Waals surface area (Å²) in [4.78, 5) is 0. The maximum absolute atomic E-state index is 11.2. The summed E-state index contributed by atoms with van der Waals surface area (Å²) in [7, 11) is -3.75. The van der Waals surface area contributed by atoms with Crippen molar-refractivity contribution in [2.75, 3.05) is 0 Å². The first kappa shape index (κ1) is 21.4. The molecule has 0 aromatic carbocycles. The third kappa shape index (κ3) is 3.64. The maximum Gasteiger partial charge on any atom is 0.0869 e. The molecule has 23 heavy (non-hydrogen) atoms. The first-order valence-corrected chi connectivity index (χ1v) is 15.2. The quantitative estimate of drug-likeness (QED) is 0.669. The van der Waals surface area contributed by atoms with Gasteiger partial charge in [-0.1, -0.05) is 67.7 Å². The zero-order chi connectivity index (χ0) is 18.6. The topological polar surface area (TPSA) is 66.5 Å². The van der Waals surface area contributed by atoms with Gasteiger partial charge in [-0.2, -0.15) is 0 Å². The molecule has 3 nitrogen and oxygen atoms in total. The maximum atomic E-state index is 11.2. The van der Waals surface area contributed by atoms with Crippen molar-refractivity contribution in [3.8, 4) is 0 Å². The molecule has 1 aliphatic carbocycles. The standard InChI is InChI=1S/C18H41NO2Si2/c1-17(2,3)22(7,8)15(20)12-11-13(19)14(12)16(21)23(9,10)18(4,5)6/h12-16,20-21H,11,19H2,1-10H3. The second-order valence-electron chi connectivity index (χ2n) is 11.0. The van der Waals surface area contributed by atoms with E-state index in [-0.39, 0.29) is 39.4 Å². The van der Waals surface area contributed by atoms with Crippen molar-refractivity contribution in [3.63, 3.8) is 0 Å². The van der Waals surface area contributed by atoms with E-state index in [1.54, 1.807) is 0 Å². The van der Waals surface area contributed by atoms with E-state index >= 15 is 0 Å². The van der Waals surface area contributed by atoms with Gasteiger partial charge in [0.05, 0.1) is 16.1 Å². The van der Waals surface area contributed by atoms with Gasteiger partial charge >= 0.3 is 0 Å². The number of rotatable bonds is 4. The Kier molecular flexibility index (Phi) is 5.79. The SMILES string of the molecule is CC(C)(C)[Si](C)(C)C(O)C1CC(N)C1C(O)[Si](C)(C)C(C)(C)C. The summed E-state index contributed by atoms with van der Waals surface area (Å²) in [6.07, 6.45) is 0.851. The minimum Gasteiger partial charge on any atom is -0.396 e. The highest BCUT2D eigenvalue weighted by Gasteiger charge is 2.57. The lowest BCUT2D eigenvalue weighted by Crippen LogP contribution is -2.68. The van der Waals surface area contributed by atoms with Crippen LogP contribution in [0.4, 0.5) is 0 Å². The second kappa shape index (κ2) is 6.24. The third-order valence-electron chi connectivity index (χ3n) is 7.65. The summed E-state index contributed by atoms with van der Waals surface area (Å²) in [6.45, 7) is 22.5. The van der Waals surface area contributed by atoms with E-state index in [9.17, 15) is 10.2 Å². The molecule has 1 fully saturated rings. The van der Waals surface area contributed by atoms with Gasteiger partial charge in [0.25, 0.3) is 0 Å². The average Bonchev–Trinajstić information content (AvgIpc) is 2.31. The largest absolute Gasteiger partial charge is 0.396 e. The molecule has 0 heterocycles. The van der Waals surface area contributed by atoms with Crippen molar-refractivity contribution in [2.24, 2.45) is 17.6 Å². The summed E-state index contributed by atoms with van der Waals surface area (Å²) in [5, 5.41) is 22.6. The summed E-state index contributed by atoms with van der Waals surface area (Å²) < 4.78 is 0. The molecule has 4 N–H and O–H groups in total. The summed E-state index contributed by atoms with van der Waals surface area (Å²) >= 11 is 0. The molecule has 1 rings (SSSR count). The van der Waals surface area contributed by atoms with Crippen LogP contribution in [0.3, 0.4) is 0 Å². The fraction of sp³-hybridized carbons (Fsp3) is 1.00. The average molecular weight is 360 g/mol. The van der Waals surface area contributed by atoms with Crippen LogP contribution in [0.15, 0.2) is 0 Å². The van der Waals surface area contributed by atoms with Crippen molar-refractivity contribution in [3.05, 3.63) is 0 Å². The molecule has 0 amide bonds. The van der Waals surface area contributed by atoms with Gasteiger partial charge in [0.1, 0.15) is 0 Å². The molecule has 5 atom stereocenters. The van der Waals surface area contributed by atoms with E-state index in [2.05, 4.69) is 67.7 Å². The van der Waals surface area contributed by atoms with Crippen LogP contribution in [0.25, 0.3) is 0 Å². The Labute approximate surface area is 146 Å². The van der Waals surface area contributed by atoms with Crippen LogP contribution in [0.1, 0.15) is 48.0 Å². The van der Waals surface area contributed by atoms with Crippen LogP contribution in [0.5, 0.6) is 0 Å². The minimum atomic E-state index is -1.90. The van der Waals surface area contributed by atoms with Gasteiger partial charge in [-0.3, -0.25) is 0 Å². The first-order valence-electron chi connectivity index (χ1n) is 9.08. The van der Waals surface area contributed by atoms with Gasteiger partial charge in [0.2, 0.25) is 0 Å². The van der Waals surface area contributed by atoms with E-state index in [1.165, 1.54) is 0 Å². The monoisotopic (exact) mass is 359 g/mol. The predicted molar refractivity (Wildman–Crippen MR) is 106 cm³/mol. The van der Waals surface area contributed by atoms with Gasteiger partial charge in [0, 0.05) is 23.4 Å². The van der Waals surface area contributed by atoms with Crippen molar-refractivity contribution in [1.29, 1.82) is 0 Å². The summed E-state index contributed by atoms with van der Waals surface area (Å²) in [6, 6.07) is 0.0311. The van der Waals surface area contributed by atoms with Crippen LogP contribution in [-0.4, -0.2) is 43.9 Å². The fourth-order valence-electron chi connectivity index (χ4n) is 3.46. The number of hydrogen-bond acceptors (Lipinski definition) is 3. The molecule has 0 aromatic rings. The lowest BCUT2D eigenvalue weighted by molar-refractivity contribution is -0.0194. The zero-order valence-electron chi connectivity index (χ0n) is 17.1. The normalized spacial score (nSPS) is 29.9. The summed E-state index contributed by atoms with van der Waals surface area (Å²) in [5.74, 6) is 0.218. The fourth-order valence-corrected chi connectivity index (χ4v) is 8.12. The Hall–Kier alpha value is 0.314. The van der Waals surface area contributed by atoms with Crippen LogP contribution in [0.2, 0.25) is 36.3 Å². The predicted octanol–water partition coefficient (Wildman–Crippen LogP) is 3.77. The zero-order valence-corrected chi connectivity index (χ0v) is 19.1. The highest BCUT2D eigenvalue weighted by atomic mass is 28.3. The molecule has 0 radical (unpaired) electrons. The molecule has 0 aromatic heterocycles. The van der Waals surface area contributed by atoms with Crippen molar-refractivity contribution < 1.29 is 10.2 Å². The van der Waals surface area contributed by atoms with E-state index < -0.39 is 16.1 Å². The lowest BCUT2D eigenvalue weighted by atomic mass is 9.70. The highest BCUT2D eigenvalue weighted by molar-refractivity contribution is 6.82. The molecule has 0 aliphatic heterocycles.